The number of ether oxygens (including phenoxy) is 1. The number of methoxy groups -OCH3 is 1. The summed E-state index contributed by atoms with van der Waals surface area (Å²) in [5.74, 6) is 1.53. The number of aromatic amines is 1. The SMILES string of the molecule is COC(C)C(C)Nc1cccc(-c2n[nH]c(C)n2)c1. The molecule has 2 unspecified atom stereocenters. The summed E-state index contributed by atoms with van der Waals surface area (Å²) in [4.78, 5) is 4.33. The number of benzene rings is 1. The number of H-pyrrole nitrogens is 1. The first-order valence-corrected chi connectivity index (χ1v) is 6.39. The molecule has 102 valence electrons. The summed E-state index contributed by atoms with van der Waals surface area (Å²) in [5, 5.41) is 10.4. The van der Waals surface area contributed by atoms with Gasteiger partial charge in [-0.25, -0.2) is 4.98 Å². The highest BCUT2D eigenvalue weighted by Gasteiger charge is 2.11. The van der Waals surface area contributed by atoms with Gasteiger partial charge in [0, 0.05) is 24.4 Å². The lowest BCUT2D eigenvalue weighted by molar-refractivity contribution is 0.106. The van der Waals surface area contributed by atoms with Crippen molar-refractivity contribution in [1.82, 2.24) is 15.2 Å². The quantitative estimate of drug-likeness (QED) is 0.867. The van der Waals surface area contributed by atoms with Crippen molar-refractivity contribution in [3.8, 4) is 11.4 Å². The number of hydrogen-bond acceptors (Lipinski definition) is 4. The van der Waals surface area contributed by atoms with E-state index < -0.39 is 0 Å². The first-order chi connectivity index (χ1) is 9.10. The minimum absolute atomic E-state index is 0.148. The highest BCUT2D eigenvalue weighted by atomic mass is 16.5. The van der Waals surface area contributed by atoms with E-state index in [1.807, 2.05) is 38.1 Å². The van der Waals surface area contributed by atoms with Crippen molar-refractivity contribution in [2.45, 2.75) is 32.9 Å². The average molecular weight is 260 g/mol. The number of nitrogens with one attached hydrogen (secondary N) is 2. The Hall–Kier alpha value is -1.88. The van der Waals surface area contributed by atoms with Crippen molar-refractivity contribution < 1.29 is 4.74 Å². The summed E-state index contributed by atoms with van der Waals surface area (Å²) >= 11 is 0. The van der Waals surface area contributed by atoms with E-state index in [1.165, 1.54) is 0 Å². The normalized spacial score (nSPS) is 14.1. The zero-order chi connectivity index (χ0) is 13.8. The highest BCUT2D eigenvalue weighted by Crippen LogP contribution is 2.20. The maximum atomic E-state index is 5.31. The molecule has 2 atom stereocenters. The molecule has 5 heteroatoms. The largest absolute Gasteiger partial charge is 0.380 e. The molecular formula is C14H20N4O. The topological polar surface area (TPSA) is 62.8 Å². The van der Waals surface area contributed by atoms with Crippen LogP contribution in [0.5, 0.6) is 0 Å². The Morgan fingerprint density at radius 1 is 1.32 bits per heavy atom. The van der Waals surface area contributed by atoms with Crippen LogP contribution in [0.2, 0.25) is 0 Å². The zero-order valence-electron chi connectivity index (χ0n) is 11.8. The minimum atomic E-state index is 0.148. The Morgan fingerprint density at radius 2 is 2.11 bits per heavy atom. The van der Waals surface area contributed by atoms with Crippen molar-refractivity contribution in [3.63, 3.8) is 0 Å². The van der Waals surface area contributed by atoms with Crippen molar-refractivity contribution in [3.05, 3.63) is 30.1 Å². The van der Waals surface area contributed by atoms with Gasteiger partial charge in [0.25, 0.3) is 0 Å². The van der Waals surface area contributed by atoms with Gasteiger partial charge in [0.2, 0.25) is 0 Å². The van der Waals surface area contributed by atoms with Crippen LogP contribution in [0.1, 0.15) is 19.7 Å². The van der Waals surface area contributed by atoms with Gasteiger partial charge in [-0.05, 0) is 32.9 Å². The molecule has 0 aliphatic carbocycles. The molecule has 1 heterocycles. The Labute approximate surface area is 113 Å². The second-order valence-corrected chi connectivity index (χ2v) is 4.70. The third-order valence-electron chi connectivity index (χ3n) is 3.19. The van der Waals surface area contributed by atoms with Crippen LogP contribution in [0.15, 0.2) is 24.3 Å². The maximum Gasteiger partial charge on any atom is 0.181 e. The lowest BCUT2D eigenvalue weighted by Gasteiger charge is -2.21. The summed E-state index contributed by atoms with van der Waals surface area (Å²) in [6.07, 6.45) is 0.148. The molecule has 0 bridgehead atoms. The number of aromatic nitrogens is 3. The van der Waals surface area contributed by atoms with Gasteiger partial charge in [0.05, 0.1) is 6.10 Å². The highest BCUT2D eigenvalue weighted by molar-refractivity contribution is 5.62. The maximum absolute atomic E-state index is 5.31. The van der Waals surface area contributed by atoms with E-state index in [0.717, 1.165) is 17.1 Å². The molecule has 0 radical (unpaired) electrons. The molecule has 0 fully saturated rings. The van der Waals surface area contributed by atoms with Gasteiger partial charge < -0.3 is 10.1 Å². The van der Waals surface area contributed by atoms with Crippen LogP contribution in [0.4, 0.5) is 5.69 Å². The lowest BCUT2D eigenvalue weighted by atomic mass is 10.1. The minimum Gasteiger partial charge on any atom is -0.380 e. The molecular weight excluding hydrogens is 240 g/mol. The summed E-state index contributed by atoms with van der Waals surface area (Å²) in [5.41, 5.74) is 2.03. The third-order valence-corrected chi connectivity index (χ3v) is 3.19. The van der Waals surface area contributed by atoms with Crippen LogP contribution >= 0.6 is 0 Å². The third kappa shape index (κ3) is 3.32. The molecule has 2 N–H and O–H groups in total. The molecule has 5 nitrogen and oxygen atoms in total. The van der Waals surface area contributed by atoms with Gasteiger partial charge in [-0.15, -0.1) is 0 Å². The molecule has 1 aromatic heterocycles. The number of rotatable bonds is 5. The first-order valence-electron chi connectivity index (χ1n) is 6.39. The van der Waals surface area contributed by atoms with Crippen molar-refractivity contribution in [2.75, 3.05) is 12.4 Å². The lowest BCUT2D eigenvalue weighted by Crippen LogP contribution is -2.29. The van der Waals surface area contributed by atoms with E-state index in [0.29, 0.717) is 5.82 Å². The fraction of sp³-hybridized carbons (Fsp3) is 0.429. The Kier molecular flexibility index (Phi) is 4.16. The van der Waals surface area contributed by atoms with Crippen molar-refractivity contribution >= 4 is 5.69 Å². The predicted molar refractivity (Wildman–Crippen MR) is 76.1 cm³/mol. The van der Waals surface area contributed by atoms with Gasteiger partial charge in [-0.1, -0.05) is 12.1 Å². The van der Waals surface area contributed by atoms with Gasteiger partial charge >= 0.3 is 0 Å². The van der Waals surface area contributed by atoms with Gasteiger partial charge in [0.1, 0.15) is 5.82 Å². The van der Waals surface area contributed by atoms with E-state index in [9.17, 15) is 0 Å². The smallest absolute Gasteiger partial charge is 0.181 e. The van der Waals surface area contributed by atoms with Crippen LogP contribution in [0, 0.1) is 6.92 Å². The second kappa shape index (κ2) is 5.84. The van der Waals surface area contributed by atoms with Gasteiger partial charge in [-0.3, -0.25) is 5.10 Å². The Bertz CT molecular complexity index is 538. The summed E-state index contributed by atoms with van der Waals surface area (Å²) in [6.45, 7) is 6.03. The Morgan fingerprint density at radius 3 is 2.74 bits per heavy atom. The van der Waals surface area contributed by atoms with Crippen molar-refractivity contribution in [1.29, 1.82) is 0 Å². The summed E-state index contributed by atoms with van der Waals surface area (Å²) in [7, 11) is 1.72. The fourth-order valence-corrected chi connectivity index (χ4v) is 1.80. The van der Waals surface area contributed by atoms with Crippen LogP contribution in [0.25, 0.3) is 11.4 Å². The average Bonchev–Trinajstić information content (AvgIpc) is 2.84. The van der Waals surface area contributed by atoms with E-state index in [-0.39, 0.29) is 12.1 Å². The first kappa shape index (κ1) is 13.5. The van der Waals surface area contributed by atoms with E-state index in [4.69, 9.17) is 4.74 Å². The molecule has 0 spiro atoms. The summed E-state index contributed by atoms with van der Waals surface area (Å²) < 4.78 is 5.31. The van der Waals surface area contributed by atoms with Gasteiger partial charge in [-0.2, -0.15) is 5.10 Å². The van der Waals surface area contributed by atoms with Crippen molar-refractivity contribution in [2.24, 2.45) is 0 Å². The predicted octanol–water partition coefficient (Wildman–Crippen LogP) is 2.62. The molecule has 1 aromatic carbocycles. The Balaban J connectivity index is 2.15. The molecule has 0 saturated heterocycles. The molecule has 0 saturated carbocycles. The molecule has 0 aliphatic heterocycles. The molecule has 0 amide bonds. The van der Waals surface area contributed by atoms with Crippen LogP contribution in [0.3, 0.4) is 0 Å². The molecule has 0 aliphatic rings. The van der Waals surface area contributed by atoms with Gasteiger partial charge in [0.15, 0.2) is 5.82 Å². The summed E-state index contributed by atoms with van der Waals surface area (Å²) in [6, 6.07) is 8.30. The zero-order valence-corrected chi connectivity index (χ0v) is 11.8. The molecule has 19 heavy (non-hydrogen) atoms. The number of nitrogens with zero attached hydrogens (tertiary/aromatic N) is 2. The van der Waals surface area contributed by atoms with Crippen LogP contribution in [-0.2, 0) is 4.74 Å². The second-order valence-electron chi connectivity index (χ2n) is 4.70. The fourth-order valence-electron chi connectivity index (χ4n) is 1.80. The number of aryl methyl sites for hydroxylation is 1. The van der Waals surface area contributed by atoms with E-state index in [2.05, 4.69) is 27.4 Å². The van der Waals surface area contributed by atoms with Crippen LogP contribution in [-0.4, -0.2) is 34.4 Å². The monoisotopic (exact) mass is 260 g/mol. The van der Waals surface area contributed by atoms with E-state index >= 15 is 0 Å². The number of hydrogen-bond donors (Lipinski definition) is 2. The van der Waals surface area contributed by atoms with E-state index in [1.54, 1.807) is 7.11 Å². The van der Waals surface area contributed by atoms with Crippen LogP contribution < -0.4 is 5.32 Å². The molecule has 2 rings (SSSR count). The molecule has 2 aromatic rings. The standard InChI is InChI=1S/C14H20N4O/c1-9(10(2)19-4)15-13-7-5-6-12(8-13)14-16-11(3)17-18-14/h5-10,15H,1-4H3,(H,16,17,18). The number of anilines is 1.